The number of benzene rings is 1. The fourth-order valence-corrected chi connectivity index (χ4v) is 1.70. The van der Waals surface area contributed by atoms with Crippen molar-refractivity contribution in [3.63, 3.8) is 0 Å². The number of carbonyl (C=O) groups excluding carboxylic acids is 1. The van der Waals surface area contributed by atoms with E-state index in [4.69, 9.17) is 4.74 Å². The lowest BCUT2D eigenvalue weighted by Crippen LogP contribution is -2.21. The first-order valence-electron chi connectivity index (χ1n) is 6.29. The largest absolute Gasteiger partial charge is 0.484 e. The Kier molecular flexibility index (Phi) is 4.50. The summed E-state index contributed by atoms with van der Waals surface area (Å²) in [6.45, 7) is 1.70. The Morgan fingerprint density at radius 3 is 3.05 bits per heavy atom. The topological polar surface area (TPSA) is 110 Å². The smallest absolute Gasteiger partial charge is 0.273 e. The molecule has 0 saturated heterocycles. The average Bonchev–Trinajstić information content (AvgIpc) is 2.92. The number of rotatable bonds is 6. The summed E-state index contributed by atoms with van der Waals surface area (Å²) in [6.07, 6.45) is 2.37. The summed E-state index contributed by atoms with van der Waals surface area (Å²) < 4.78 is 5.23. The lowest BCUT2D eigenvalue weighted by Gasteiger charge is -2.07. The molecule has 0 fully saturated rings. The van der Waals surface area contributed by atoms with Crippen LogP contribution in [0.5, 0.6) is 5.75 Å². The number of nitro groups is 1. The molecule has 1 amide bonds. The highest BCUT2D eigenvalue weighted by Gasteiger charge is 2.10. The van der Waals surface area contributed by atoms with E-state index >= 15 is 0 Å². The van der Waals surface area contributed by atoms with Crippen LogP contribution in [0.1, 0.15) is 12.5 Å². The predicted octanol–water partition coefficient (Wildman–Crippen LogP) is 1.90. The first-order valence-corrected chi connectivity index (χ1v) is 6.29. The number of ether oxygens (including phenoxy) is 1. The Balaban J connectivity index is 1.92. The molecule has 21 heavy (non-hydrogen) atoms. The molecule has 0 aliphatic heterocycles. The van der Waals surface area contributed by atoms with Gasteiger partial charge in [0, 0.05) is 11.6 Å². The van der Waals surface area contributed by atoms with Gasteiger partial charge in [-0.3, -0.25) is 20.0 Å². The molecule has 0 radical (unpaired) electrons. The van der Waals surface area contributed by atoms with Gasteiger partial charge in [0.25, 0.3) is 11.6 Å². The van der Waals surface area contributed by atoms with Crippen LogP contribution in [0.15, 0.2) is 30.5 Å². The molecule has 0 bridgehead atoms. The molecule has 0 spiro atoms. The van der Waals surface area contributed by atoms with E-state index in [1.54, 1.807) is 12.3 Å². The maximum atomic E-state index is 11.8. The number of hydrogen-bond acceptors (Lipinski definition) is 5. The number of hydrogen-bond donors (Lipinski definition) is 2. The monoisotopic (exact) mass is 290 g/mol. The summed E-state index contributed by atoms with van der Waals surface area (Å²) in [6, 6.07) is 5.66. The van der Waals surface area contributed by atoms with Crippen LogP contribution in [-0.4, -0.2) is 27.6 Å². The predicted molar refractivity (Wildman–Crippen MR) is 75.2 cm³/mol. The van der Waals surface area contributed by atoms with Crippen molar-refractivity contribution in [1.82, 2.24) is 10.2 Å². The van der Waals surface area contributed by atoms with Crippen molar-refractivity contribution in [3.8, 4) is 5.75 Å². The number of anilines is 1. The minimum atomic E-state index is -0.523. The highest BCUT2D eigenvalue weighted by Crippen LogP contribution is 2.19. The van der Waals surface area contributed by atoms with Crippen LogP contribution in [0.3, 0.4) is 0 Å². The van der Waals surface area contributed by atoms with Gasteiger partial charge in [-0.05, 0) is 12.5 Å². The number of nitrogens with one attached hydrogen (secondary N) is 2. The number of amides is 1. The van der Waals surface area contributed by atoms with Crippen LogP contribution in [0, 0.1) is 10.1 Å². The van der Waals surface area contributed by atoms with Crippen LogP contribution in [0.25, 0.3) is 0 Å². The molecule has 0 saturated carbocycles. The molecule has 0 unspecified atom stereocenters. The number of aryl methyl sites for hydroxylation is 1. The van der Waals surface area contributed by atoms with Gasteiger partial charge in [-0.2, -0.15) is 5.10 Å². The molecule has 2 aromatic rings. The Morgan fingerprint density at radius 2 is 2.33 bits per heavy atom. The Labute approximate surface area is 120 Å². The molecule has 2 N–H and O–H groups in total. The fourth-order valence-electron chi connectivity index (χ4n) is 1.70. The zero-order valence-electron chi connectivity index (χ0n) is 11.3. The first kappa shape index (κ1) is 14.5. The summed E-state index contributed by atoms with van der Waals surface area (Å²) in [5.41, 5.74) is 0.799. The second-order valence-corrected chi connectivity index (χ2v) is 4.22. The van der Waals surface area contributed by atoms with Gasteiger partial charge in [0.1, 0.15) is 11.6 Å². The number of nitrogens with zero attached hydrogens (tertiary/aromatic N) is 2. The van der Waals surface area contributed by atoms with Crippen molar-refractivity contribution in [2.24, 2.45) is 0 Å². The molecule has 110 valence electrons. The highest BCUT2D eigenvalue weighted by atomic mass is 16.6. The summed E-state index contributed by atoms with van der Waals surface area (Å²) in [5, 5.41) is 19.8. The van der Waals surface area contributed by atoms with Crippen LogP contribution >= 0.6 is 0 Å². The van der Waals surface area contributed by atoms with Gasteiger partial charge in [0.15, 0.2) is 6.61 Å². The van der Waals surface area contributed by atoms with Crippen molar-refractivity contribution in [1.29, 1.82) is 0 Å². The molecule has 0 aliphatic carbocycles. The summed E-state index contributed by atoms with van der Waals surface area (Å²) in [5.74, 6) is 0.422. The minimum absolute atomic E-state index is 0.0882. The van der Waals surface area contributed by atoms with Gasteiger partial charge >= 0.3 is 0 Å². The number of non-ortho nitro benzene ring substituents is 1. The molecule has 2 rings (SSSR count). The van der Waals surface area contributed by atoms with Crippen molar-refractivity contribution >= 4 is 17.4 Å². The van der Waals surface area contributed by atoms with Crippen molar-refractivity contribution < 1.29 is 14.5 Å². The lowest BCUT2D eigenvalue weighted by atomic mass is 10.2. The Hall–Kier alpha value is -2.90. The zero-order valence-corrected chi connectivity index (χ0v) is 11.3. The van der Waals surface area contributed by atoms with Gasteiger partial charge in [0.05, 0.1) is 17.2 Å². The van der Waals surface area contributed by atoms with E-state index in [-0.39, 0.29) is 24.0 Å². The molecule has 8 nitrogen and oxygen atoms in total. The SMILES string of the molecule is CCc1cn[nH]c1NC(=O)COc1cccc([N+](=O)[O-])c1. The number of nitro benzene ring substituents is 1. The molecule has 1 aromatic carbocycles. The molecule has 0 aliphatic rings. The number of aromatic amines is 1. The second-order valence-electron chi connectivity index (χ2n) is 4.22. The summed E-state index contributed by atoms with van der Waals surface area (Å²) in [4.78, 5) is 21.9. The summed E-state index contributed by atoms with van der Waals surface area (Å²) in [7, 11) is 0. The maximum Gasteiger partial charge on any atom is 0.273 e. The van der Waals surface area contributed by atoms with Crippen molar-refractivity contribution in [2.45, 2.75) is 13.3 Å². The van der Waals surface area contributed by atoms with Crippen LogP contribution in [0.4, 0.5) is 11.5 Å². The lowest BCUT2D eigenvalue weighted by molar-refractivity contribution is -0.384. The van der Waals surface area contributed by atoms with Crippen molar-refractivity contribution in [3.05, 3.63) is 46.1 Å². The van der Waals surface area contributed by atoms with Crippen LogP contribution in [0.2, 0.25) is 0 Å². The van der Waals surface area contributed by atoms with Gasteiger partial charge in [0.2, 0.25) is 0 Å². The van der Waals surface area contributed by atoms with Crippen molar-refractivity contribution in [2.75, 3.05) is 11.9 Å². The van der Waals surface area contributed by atoms with Gasteiger partial charge in [-0.25, -0.2) is 0 Å². The minimum Gasteiger partial charge on any atom is -0.484 e. The average molecular weight is 290 g/mol. The van der Waals surface area contributed by atoms with E-state index in [0.29, 0.717) is 5.82 Å². The maximum absolute atomic E-state index is 11.8. The van der Waals surface area contributed by atoms with E-state index in [2.05, 4.69) is 15.5 Å². The van der Waals surface area contributed by atoms with E-state index in [1.807, 2.05) is 6.92 Å². The molecule has 1 heterocycles. The third-order valence-electron chi connectivity index (χ3n) is 2.76. The molecular formula is C13H14N4O4. The standard InChI is InChI=1S/C13H14N4O4/c1-2-9-7-14-16-13(9)15-12(18)8-21-11-5-3-4-10(6-11)17(19)20/h3-7H,2,8H2,1H3,(H2,14,15,16,18). The van der Waals surface area contributed by atoms with Gasteiger partial charge < -0.3 is 10.1 Å². The number of aromatic nitrogens is 2. The van der Waals surface area contributed by atoms with Crippen LogP contribution < -0.4 is 10.1 Å². The zero-order chi connectivity index (χ0) is 15.2. The summed E-state index contributed by atoms with van der Waals surface area (Å²) >= 11 is 0. The fraction of sp³-hybridized carbons (Fsp3) is 0.231. The molecular weight excluding hydrogens is 276 g/mol. The third-order valence-corrected chi connectivity index (χ3v) is 2.76. The second kappa shape index (κ2) is 6.51. The normalized spacial score (nSPS) is 10.1. The quantitative estimate of drug-likeness (QED) is 0.623. The van der Waals surface area contributed by atoms with E-state index in [9.17, 15) is 14.9 Å². The molecule has 8 heteroatoms. The third kappa shape index (κ3) is 3.78. The van der Waals surface area contributed by atoms with E-state index in [0.717, 1.165) is 12.0 Å². The molecule has 1 aromatic heterocycles. The van der Waals surface area contributed by atoms with Gasteiger partial charge in [-0.15, -0.1) is 0 Å². The van der Waals surface area contributed by atoms with Crippen LogP contribution in [-0.2, 0) is 11.2 Å². The van der Waals surface area contributed by atoms with Gasteiger partial charge in [-0.1, -0.05) is 13.0 Å². The molecule has 0 atom stereocenters. The highest BCUT2D eigenvalue weighted by molar-refractivity contribution is 5.91. The number of carbonyl (C=O) groups is 1. The Bertz CT molecular complexity index is 653. The van der Waals surface area contributed by atoms with E-state index < -0.39 is 4.92 Å². The number of H-pyrrole nitrogens is 1. The van der Waals surface area contributed by atoms with E-state index in [1.165, 1.54) is 18.2 Å². The Morgan fingerprint density at radius 1 is 1.52 bits per heavy atom. The first-order chi connectivity index (χ1) is 10.1.